The summed E-state index contributed by atoms with van der Waals surface area (Å²) in [5, 5.41) is 0. The molecule has 1 unspecified atom stereocenters. The molecule has 1 saturated heterocycles. The summed E-state index contributed by atoms with van der Waals surface area (Å²) in [7, 11) is -1.60. The molecule has 90 valence electrons. The fraction of sp³-hybridized carbons (Fsp3) is 1.00. The summed E-state index contributed by atoms with van der Waals surface area (Å²) in [4.78, 5) is 0. The van der Waals surface area contributed by atoms with Crippen LogP contribution in [-0.2, 0) is 10.2 Å². The third-order valence-corrected chi connectivity index (χ3v) is 4.67. The van der Waals surface area contributed by atoms with Crippen molar-refractivity contribution in [3.63, 3.8) is 0 Å². The lowest BCUT2D eigenvalue weighted by molar-refractivity contribution is 0.385. The van der Waals surface area contributed by atoms with Gasteiger partial charge in [0.05, 0.1) is 0 Å². The molecule has 2 N–H and O–H groups in total. The molecule has 5 nitrogen and oxygen atoms in total. The summed E-state index contributed by atoms with van der Waals surface area (Å²) in [6.07, 6.45) is 2.64. The zero-order chi connectivity index (χ0) is 11.5. The molecule has 1 fully saturated rings. The Hall–Kier alpha value is -0.170. The molecule has 0 spiro atoms. The first-order valence-corrected chi connectivity index (χ1v) is 6.81. The van der Waals surface area contributed by atoms with Gasteiger partial charge >= 0.3 is 0 Å². The van der Waals surface area contributed by atoms with Crippen molar-refractivity contribution in [1.82, 2.24) is 8.61 Å². The van der Waals surface area contributed by atoms with Gasteiger partial charge in [-0.2, -0.15) is 17.0 Å². The van der Waals surface area contributed by atoms with Crippen molar-refractivity contribution in [2.45, 2.75) is 32.2 Å². The lowest BCUT2D eigenvalue weighted by atomic mass is 10.2. The lowest BCUT2D eigenvalue weighted by Crippen LogP contribution is -2.41. The molecule has 6 heteroatoms. The Balaban J connectivity index is 2.52. The second-order valence-electron chi connectivity index (χ2n) is 4.20. The molecule has 0 amide bonds. The van der Waals surface area contributed by atoms with Crippen molar-refractivity contribution < 1.29 is 8.42 Å². The van der Waals surface area contributed by atoms with Crippen LogP contribution in [0.25, 0.3) is 0 Å². The van der Waals surface area contributed by atoms with Gasteiger partial charge < -0.3 is 5.73 Å². The predicted molar refractivity (Wildman–Crippen MR) is 60.6 cm³/mol. The van der Waals surface area contributed by atoms with Crippen molar-refractivity contribution in [1.29, 1.82) is 0 Å². The van der Waals surface area contributed by atoms with Crippen LogP contribution in [0.1, 0.15) is 26.2 Å². The molecule has 1 aliphatic heterocycles. The monoisotopic (exact) mass is 235 g/mol. The highest BCUT2D eigenvalue weighted by molar-refractivity contribution is 7.86. The molecular formula is C9H21N3O2S. The molecule has 1 heterocycles. The van der Waals surface area contributed by atoms with Gasteiger partial charge in [0.25, 0.3) is 10.2 Å². The topological polar surface area (TPSA) is 66.6 Å². The fourth-order valence-corrected chi connectivity index (χ4v) is 3.07. The van der Waals surface area contributed by atoms with Gasteiger partial charge in [-0.1, -0.05) is 0 Å². The number of hydrogen-bond donors (Lipinski definition) is 1. The summed E-state index contributed by atoms with van der Waals surface area (Å²) in [5.74, 6) is 0. The highest BCUT2D eigenvalue weighted by Crippen LogP contribution is 2.15. The van der Waals surface area contributed by atoms with Crippen LogP contribution in [0.4, 0.5) is 0 Å². The van der Waals surface area contributed by atoms with Gasteiger partial charge in [-0.25, -0.2) is 0 Å². The summed E-state index contributed by atoms with van der Waals surface area (Å²) in [5.41, 5.74) is 5.60. The van der Waals surface area contributed by atoms with Gasteiger partial charge in [0, 0.05) is 32.7 Å². The summed E-state index contributed by atoms with van der Waals surface area (Å²) in [6.45, 7) is 3.70. The van der Waals surface area contributed by atoms with Crippen molar-refractivity contribution in [3.05, 3.63) is 0 Å². The van der Waals surface area contributed by atoms with Crippen molar-refractivity contribution in [3.8, 4) is 0 Å². The molecule has 0 aromatic heterocycles. The molecule has 0 aliphatic carbocycles. The van der Waals surface area contributed by atoms with E-state index in [1.54, 1.807) is 11.4 Å². The van der Waals surface area contributed by atoms with Gasteiger partial charge in [0.2, 0.25) is 0 Å². The van der Waals surface area contributed by atoms with E-state index in [0.717, 1.165) is 12.8 Å². The maximum Gasteiger partial charge on any atom is 0.281 e. The molecule has 1 rings (SSSR count). The Kier molecular flexibility index (Phi) is 4.51. The third kappa shape index (κ3) is 3.41. The second-order valence-corrected chi connectivity index (χ2v) is 6.24. The van der Waals surface area contributed by atoms with Crippen LogP contribution in [0.15, 0.2) is 0 Å². The fourth-order valence-electron chi connectivity index (χ4n) is 1.62. The van der Waals surface area contributed by atoms with E-state index >= 15 is 0 Å². The van der Waals surface area contributed by atoms with Crippen LogP contribution >= 0.6 is 0 Å². The SMILES string of the molecule is CC(N)CCN(C)S(=O)(=O)N1CCCC1. The molecule has 1 atom stereocenters. The molecule has 0 aromatic rings. The standard InChI is InChI=1S/C9H21N3O2S/c1-9(10)5-8-11(2)15(13,14)12-6-3-4-7-12/h9H,3-8,10H2,1-2H3. The molecular weight excluding hydrogens is 214 g/mol. The van der Waals surface area contributed by atoms with Crippen LogP contribution in [0.3, 0.4) is 0 Å². The minimum absolute atomic E-state index is 0.0428. The Labute approximate surface area is 92.4 Å². The van der Waals surface area contributed by atoms with Crippen molar-refractivity contribution in [2.24, 2.45) is 5.73 Å². The minimum Gasteiger partial charge on any atom is -0.328 e. The summed E-state index contributed by atoms with van der Waals surface area (Å²) >= 11 is 0. The lowest BCUT2D eigenvalue weighted by Gasteiger charge is -2.24. The Morgan fingerprint density at radius 1 is 1.40 bits per heavy atom. The van der Waals surface area contributed by atoms with Crippen LogP contribution in [0.2, 0.25) is 0 Å². The number of nitrogens with zero attached hydrogens (tertiary/aromatic N) is 2. The smallest absolute Gasteiger partial charge is 0.281 e. The quantitative estimate of drug-likeness (QED) is 0.729. The number of rotatable bonds is 5. The molecule has 0 bridgehead atoms. The minimum atomic E-state index is -3.22. The van der Waals surface area contributed by atoms with Gasteiger partial charge in [0.1, 0.15) is 0 Å². The molecule has 0 saturated carbocycles. The Bertz CT molecular complexity index is 284. The third-order valence-electron chi connectivity index (χ3n) is 2.68. The normalized spacial score (nSPS) is 21.1. The molecule has 1 aliphatic rings. The van der Waals surface area contributed by atoms with Gasteiger partial charge in [-0.05, 0) is 26.2 Å². The highest BCUT2D eigenvalue weighted by atomic mass is 32.2. The largest absolute Gasteiger partial charge is 0.328 e. The van der Waals surface area contributed by atoms with Crippen LogP contribution in [0.5, 0.6) is 0 Å². The zero-order valence-electron chi connectivity index (χ0n) is 9.52. The zero-order valence-corrected chi connectivity index (χ0v) is 10.3. The summed E-state index contributed by atoms with van der Waals surface area (Å²) in [6, 6.07) is 0.0428. The van der Waals surface area contributed by atoms with Crippen molar-refractivity contribution >= 4 is 10.2 Å². The van der Waals surface area contributed by atoms with E-state index in [9.17, 15) is 8.42 Å². The first-order chi connectivity index (χ1) is 6.94. The number of nitrogens with two attached hydrogens (primary N) is 1. The maximum absolute atomic E-state index is 12.0. The van der Waals surface area contributed by atoms with E-state index in [4.69, 9.17) is 5.73 Å². The van der Waals surface area contributed by atoms with Gasteiger partial charge in [0.15, 0.2) is 0 Å². The van der Waals surface area contributed by atoms with E-state index in [1.807, 2.05) is 6.92 Å². The highest BCUT2D eigenvalue weighted by Gasteiger charge is 2.28. The van der Waals surface area contributed by atoms with Gasteiger partial charge in [-0.15, -0.1) is 0 Å². The molecule has 15 heavy (non-hydrogen) atoms. The van der Waals surface area contributed by atoms with Crippen LogP contribution in [0, 0.1) is 0 Å². The van der Waals surface area contributed by atoms with Crippen LogP contribution in [-0.4, -0.2) is 49.8 Å². The van der Waals surface area contributed by atoms with Crippen LogP contribution < -0.4 is 5.73 Å². The maximum atomic E-state index is 12.0. The Morgan fingerprint density at radius 3 is 2.40 bits per heavy atom. The molecule has 0 aromatic carbocycles. The van der Waals surface area contributed by atoms with E-state index in [-0.39, 0.29) is 6.04 Å². The summed E-state index contributed by atoms with van der Waals surface area (Å²) < 4.78 is 26.9. The van der Waals surface area contributed by atoms with E-state index < -0.39 is 10.2 Å². The average Bonchev–Trinajstić information content (AvgIpc) is 2.66. The van der Waals surface area contributed by atoms with E-state index in [0.29, 0.717) is 26.1 Å². The Morgan fingerprint density at radius 2 is 1.93 bits per heavy atom. The van der Waals surface area contributed by atoms with E-state index in [1.165, 1.54) is 4.31 Å². The molecule has 0 radical (unpaired) electrons. The first-order valence-electron chi connectivity index (χ1n) is 5.41. The number of hydrogen-bond acceptors (Lipinski definition) is 3. The average molecular weight is 235 g/mol. The predicted octanol–water partition coefficient (Wildman–Crippen LogP) is -0.00390. The van der Waals surface area contributed by atoms with E-state index in [2.05, 4.69) is 0 Å². The first kappa shape index (κ1) is 12.9. The van der Waals surface area contributed by atoms with Gasteiger partial charge in [-0.3, -0.25) is 0 Å². The van der Waals surface area contributed by atoms with Crippen molar-refractivity contribution in [2.75, 3.05) is 26.7 Å². The second kappa shape index (κ2) is 5.25.